The molecular weight excluding hydrogens is 150 g/mol. The number of hydrogen-bond acceptors (Lipinski definition) is 1. The van der Waals surface area contributed by atoms with Gasteiger partial charge < -0.3 is 10.1 Å². The summed E-state index contributed by atoms with van der Waals surface area (Å²) in [6.07, 6.45) is 6.15. The maximum absolute atomic E-state index is 9.00. The first-order valence-electron chi connectivity index (χ1n) is 4.69. The van der Waals surface area contributed by atoms with Crippen molar-refractivity contribution in [1.29, 1.82) is 0 Å². The van der Waals surface area contributed by atoms with Crippen molar-refractivity contribution < 1.29 is 5.11 Å². The fourth-order valence-corrected chi connectivity index (χ4v) is 1.32. The van der Waals surface area contributed by atoms with Crippen LogP contribution in [0.3, 0.4) is 0 Å². The van der Waals surface area contributed by atoms with Crippen molar-refractivity contribution in [3.63, 3.8) is 0 Å². The van der Waals surface area contributed by atoms with Crippen molar-refractivity contribution in [3.8, 4) is 5.88 Å². The zero-order chi connectivity index (χ0) is 8.81. The van der Waals surface area contributed by atoms with Crippen LogP contribution in [-0.2, 0) is 6.42 Å². The Morgan fingerprint density at radius 2 is 2.08 bits per heavy atom. The molecule has 0 aliphatic rings. The van der Waals surface area contributed by atoms with Crippen LogP contribution in [0.5, 0.6) is 5.88 Å². The highest BCUT2D eigenvalue weighted by atomic mass is 16.3. The summed E-state index contributed by atoms with van der Waals surface area (Å²) in [5.74, 6) is 0.278. The van der Waals surface area contributed by atoms with Gasteiger partial charge in [-0.05, 0) is 25.0 Å². The molecule has 2 N–H and O–H groups in total. The van der Waals surface area contributed by atoms with E-state index in [2.05, 4.69) is 11.9 Å². The van der Waals surface area contributed by atoms with Crippen LogP contribution in [0.25, 0.3) is 0 Å². The molecule has 0 aliphatic heterocycles. The van der Waals surface area contributed by atoms with Crippen LogP contribution < -0.4 is 0 Å². The van der Waals surface area contributed by atoms with Gasteiger partial charge in [0.2, 0.25) is 0 Å². The summed E-state index contributed by atoms with van der Waals surface area (Å²) in [5.41, 5.74) is 1.14. The third-order valence-corrected chi connectivity index (χ3v) is 2.03. The van der Waals surface area contributed by atoms with E-state index in [1.54, 1.807) is 6.07 Å². The van der Waals surface area contributed by atoms with Gasteiger partial charge in [-0.1, -0.05) is 26.2 Å². The van der Waals surface area contributed by atoms with Gasteiger partial charge in [-0.3, -0.25) is 0 Å². The minimum Gasteiger partial charge on any atom is -0.495 e. The van der Waals surface area contributed by atoms with Crippen LogP contribution in [0.15, 0.2) is 12.1 Å². The van der Waals surface area contributed by atoms with E-state index < -0.39 is 0 Å². The lowest BCUT2D eigenvalue weighted by atomic mass is 10.1. The van der Waals surface area contributed by atoms with E-state index >= 15 is 0 Å². The normalized spacial score (nSPS) is 10.4. The number of aromatic amines is 1. The molecule has 12 heavy (non-hydrogen) atoms. The first-order valence-corrected chi connectivity index (χ1v) is 4.69. The average molecular weight is 167 g/mol. The molecule has 0 bridgehead atoms. The summed E-state index contributed by atoms with van der Waals surface area (Å²) >= 11 is 0. The molecule has 2 nitrogen and oxygen atoms in total. The molecule has 0 unspecified atom stereocenters. The Kier molecular flexibility index (Phi) is 3.71. The maximum Gasteiger partial charge on any atom is 0.188 e. The average Bonchev–Trinajstić information content (AvgIpc) is 2.45. The number of hydrogen-bond donors (Lipinski definition) is 2. The summed E-state index contributed by atoms with van der Waals surface area (Å²) in [5, 5.41) is 9.00. The van der Waals surface area contributed by atoms with Crippen molar-refractivity contribution in [2.75, 3.05) is 0 Å². The van der Waals surface area contributed by atoms with Gasteiger partial charge in [0.1, 0.15) is 0 Å². The fraction of sp³-hybridized carbons (Fsp3) is 0.600. The number of rotatable bonds is 5. The van der Waals surface area contributed by atoms with Gasteiger partial charge in [-0.25, -0.2) is 0 Å². The maximum atomic E-state index is 9.00. The van der Waals surface area contributed by atoms with E-state index in [0.717, 1.165) is 12.1 Å². The second kappa shape index (κ2) is 4.86. The summed E-state index contributed by atoms with van der Waals surface area (Å²) < 4.78 is 0. The Morgan fingerprint density at radius 1 is 1.25 bits per heavy atom. The fourth-order valence-electron chi connectivity index (χ4n) is 1.32. The summed E-state index contributed by atoms with van der Waals surface area (Å²) in [6, 6.07) is 3.65. The van der Waals surface area contributed by atoms with Crippen LogP contribution in [0.1, 0.15) is 38.3 Å². The number of nitrogens with one attached hydrogen (secondary N) is 1. The van der Waals surface area contributed by atoms with E-state index in [9.17, 15) is 0 Å². The van der Waals surface area contributed by atoms with E-state index in [1.165, 1.54) is 25.7 Å². The quantitative estimate of drug-likeness (QED) is 0.650. The van der Waals surface area contributed by atoms with E-state index in [1.807, 2.05) is 6.07 Å². The van der Waals surface area contributed by atoms with Gasteiger partial charge in [-0.2, -0.15) is 0 Å². The van der Waals surface area contributed by atoms with Gasteiger partial charge >= 0.3 is 0 Å². The van der Waals surface area contributed by atoms with Gasteiger partial charge in [0.15, 0.2) is 5.88 Å². The molecule has 0 saturated heterocycles. The van der Waals surface area contributed by atoms with Crippen molar-refractivity contribution in [1.82, 2.24) is 4.98 Å². The Bertz CT molecular complexity index is 217. The molecule has 1 aromatic rings. The standard InChI is InChI=1S/C10H17NO/c1-2-3-4-5-6-9-7-8-10(12)11-9/h7-8,11-12H,2-6H2,1H3. The molecular formula is C10H17NO. The van der Waals surface area contributed by atoms with E-state index in [-0.39, 0.29) is 5.88 Å². The lowest BCUT2D eigenvalue weighted by Crippen LogP contribution is -1.84. The number of unbranched alkanes of at least 4 members (excludes halogenated alkanes) is 3. The van der Waals surface area contributed by atoms with Crippen molar-refractivity contribution in [2.45, 2.75) is 39.0 Å². The molecule has 0 spiro atoms. The third-order valence-electron chi connectivity index (χ3n) is 2.03. The Morgan fingerprint density at radius 3 is 2.67 bits per heavy atom. The molecule has 1 rings (SSSR count). The minimum absolute atomic E-state index is 0.278. The largest absolute Gasteiger partial charge is 0.495 e. The Labute approximate surface area is 73.6 Å². The van der Waals surface area contributed by atoms with Crippen LogP contribution >= 0.6 is 0 Å². The van der Waals surface area contributed by atoms with Crippen molar-refractivity contribution in [2.24, 2.45) is 0 Å². The van der Waals surface area contributed by atoms with Crippen molar-refractivity contribution in [3.05, 3.63) is 17.8 Å². The lowest BCUT2D eigenvalue weighted by Gasteiger charge is -1.96. The highest BCUT2D eigenvalue weighted by molar-refractivity contribution is 5.16. The van der Waals surface area contributed by atoms with Crippen LogP contribution in [0.4, 0.5) is 0 Å². The molecule has 0 atom stereocenters. The topological polar surface area (TPSA) is 36.0 Å². The van der Waals surface area contributed by atoms with Gasteiger partial charge in [0.05, 0.1) is 0 Å². The van der Waals surface area contributed by atoms with Gasteiger partial charge in [0, 0.05) is 5.69 Å². The SMILES string of the molecule is CCCCCCc1ccc(O)[nH]1. The predicted octanol–water partition coefficient (Wildman–Crippen LogP) is 2.84. The molecule has 0 aliphatic carbocycles. The molecule has 68 valence electrons. The number of aromatic hydroxyl groups is 1. The third kappa shape index (κ3) is 2.99. The van der Waals surface area contributed by atoms with Crippen LogP contribution in [0.2, 0.25) is 0 Å². The minimum atomic E-state index is 0.278. The monoisotopic (exact) mass is 167 g/mol. The smallest absolute Gasteiger partial charge is 0.188 e. The molecule has 1 aromatic heterocycles. The highest BCUT2D eigenvalue weighted by Crippen LogP contribution is 2.11. The molecule has 0 aromatic carbocycles. The van der Waals surface area contributed by atoms with Crippen molar-refractivity contribution >= 4 is 0 Å². The number of aromatic nitrogens is 1. The van der Waals surface area contributed by atoms with Gasteiger partial charge in [-0.15, -0.1) is 0 Å². The summed E-state index contributed by atoms with van der Waals surface area (Å²) in [6.45, 7) is 2.21. The van der Waals surface area contributed by atoms with Gasteiger partial charge in [0.25, 0.3) is 0 Å². The van der Waals surface area contributed by atoms with E-state index in [0.29, 0.717) is 0 Å². The second-order valence-electron chi connectivity index (χ2n) is 3.18. The zero-order valence-corrected chi connectivity index (χ0v) is 7.64. The van der Waals surface area contributed by atoms with Crippen LogP contribution in [-0.4, -0.2) is 10.1 Å². The lowest BCUT2D eigenvalue weighted by molar-refractivity contribution is 0.455. The predicted molar refractivity (Wildman–Crippen MR) is 50.3 cm³/mol. The summed E-state index contributed by atoms with van der Waals surface area (Å²) in [4.78, 5) is 2.91. The molecule has 0 fully saturated rings. The zero-order valence-electron chi connectivity index (χ0n) is 7.64. The van der Waals surface area contributed by atoms with E-state index in [4.69, 9.17) is 5.11 Å². The van der Waals surface area contributed by atoms with Crippen LogP contribution in [0, 0.1) is 0 Å². The first kappa shape index (κ1) is 9.17. The molecule has 0 amide bonds. The molecule has 0 radical (unpaired) electrons. The Balaban J connectivity index is 2.15. The first-order chi connectivity index (χ1) is 5.83. The number of aryl methyl sites for hydroxylation is 1. The number of H-pyrrole nitrogens is 1. The summed E-state index contributed by atoms with van der Waals surface area (Å²) in [7, 11) is 0. The highest BCUT2D eigenvalue weighted by Gasteiger charge is 1.95. The molecule has 2 heteroatoms. The molecule has 1 heterocycles. The molecule has 0 saturated carbocycles. The second-order valence-corrected chi connectivity index (χ2v) is 3.18. The Hall–Kier alpha value is -0.920.